The molecule has 9 heteroatoms. The average Bonchev–Trinajstić information content (AvgIpc) is 3.12. The van der Waals surface area contributed by atoms with Crippen LogP contribution < -0.4 is 28.5 Å². The molecule has 31 heavy (non-hydrogen) atoms. The van der Waals surface area contributed by atoms with Crippen LogP contribution in [-0.2, 0) is 6.54 Å². The van der Waals surface area contributed by atoms with Crippen LogP contribution in [0.25, 0.3) is 10.2 Å². The summed E-state index contributed by atoms with van der Waals surface area (Å²) in [5.41, 5.74) is 1.22. The van der Waals surface area contributed by atoms with Crippen LogP contribution in [0, 0.1) is 0 Å². The Hall–Kier alpha value is -3.46. The van der Waals surface area contributed by atoms with Crippen molar-refractivity contribution >= 4 is 27.5 Å². The van der Waals surface area contributed by atoms with Gasteiger partial charge >= 0.3 is 0 Å². The zero-order chi connectivity index (χ0) is 22.0. The Labute approximate surface area is 182 Å². The Balaban J connectivity index is 1.84. The number of rotatable bonds is 6. The molecule has 0 spiro atoms. The molecule has 0 radical (unpaired) electrons. The summed E-state index contributed by atoms with van der Waals surface area (Å²) in [5.74, 6) is 2.12. The highest BCUT2D eigenvalue weighted by Crippen LogP contribution is 2.38. The monoisotopic (exact) mass is 442 g/mol. The highest BCUT2D eigenvalue weighted by molar-refractivity contribution is 7.16. The summed E-state index contributed by atoms with van der Waals surface area (Å²) in [6, 6.07) is 6.99. The van der Waals surface area contributed by atoms with Crippen LogP contribution >= 0.6 is 11.3 Å². The highest BCUT2D eigenvalue weighted by Gasteiger charge is 2.19. The van der Waals surface area contributed by atoms with Crippen molar-refractivity contribution in [1.29, 1.82) is 0 Å². The minimum atomic E-state index is -0.430. The fourth-order valence-corrected chi connectivity index (χ4v) is 4.40. The largest absolute Gasteiger partial charge is 0.493 e. The van der Waals surface area contributed by atoms with E-state index < -0.39 is 5.91 Å². The standard InChI is InChI=1S/C22H22N2O6S/c1-5-6-24-14-11-15-16(30-8-7-29-15)12-19(14)31-22(24)23-21(25)13-9-17(26-2)20(28-4)18(10-13)27-3/h5,9-12H,1,6-8H2,2-4H3. The van der Waals surface area contributed by atoms with E-state index in [1.165, 1.54) is 32.7 Å². The number of carbonyl (C=O) groups excluding carboxylic acids is 1. The van der Waals surface area contributed by atoms with Crippen molar-refractivity contribution in [2.45, 2.75) is 6.54 Å². The van der Waals surface area contributed by atoms with Crippen molar-refractivity contribution in [3.8, 4) is 28.7 Å². The van der Waals surface area contributed by atoms with E-state index in [1.807, 2.05) is 16.7 Å². The van der Waals surface area contributed by atoms with Crippen molar-refractivity contribution in [1.82, 2.24) is 4.57 Å². The first kappa shape index (κ1) is 20.8. The topological polar surface area (TPSA) is 80.5 Å². The molecular formula is C22H22N2O6S. The molecule has 2 aromatic carbocycles. The van der Waals surface area contributed by atoms with Crippen molar-refractivity contribution in [2.75, 3.05) is 34.5 Å². The number of thiazole rings is 1. The van der Waals surface area contributed by atoms with Crippen molar-refractivity contribution in [2.24, 2.45) is 4.99 Å². The molecule has 1 amide bonds. The molecule has 0 N–H and O–H groups in total. The minimum Gasteiger partial charge on any atom is -0.493 e. The summed E-state index contributed by atoms with van der Waals surface area (Å²) in [6.45, 7) is 5.32. The molecule has 0 fully saturated rings. The molecular weight excluding hydrogens is 420 g/mol. The van der Waals surface area contributed by atoms with Crippen LogP contribution in [0.2, 0.25) is 0 Å². The molecule has 8 nitrogen and oxygen atoms in total. The van der Waals surface area contributed by atoms with Crippen LogP contribution in [0.5, 0.6) is 28.7 Å². The predicted molar refractivity (Wildman–Crippen MR) is 117 cm³/mol. The smallest absolute Gasteiger partial charge is 0.279 e. The average molecular weight is 442 g/mol. The number of hydrogen-bond donors (Lipinski definition) is 0. The number of methoxy groups -OCH3 is 3. The molecule has 4 rings (SSSR count). The quantitative estimate of drug-likeness (QED) is 0.544. The Morgan fingerprint density at radius 3 is 2.32 bits per heavy atom. The minimum absolute atomic E-state index is 0.322. The molecule has 3 aromatic rings. The van der Waals surface area contributed by atoms with Gasteiger partial charge in [-0.15, -0.1) is 6.58 Å². The maximum atomic E-state index is 13.0. The second-order valence-corrected chi connectivity index (χ2v) is 7.59. The number of benzene rings is 2. The van der Waals surface area contributed by atoms with E-state index in [9.17, 15) is 4.79 Å². The van der Waals surface area contributed by atoms with Gasteiger partial charge in [-0.05, 0) is 12.1 Å². The predicted octanol–water partition coefficient (Wildman–Crippen LogP) is 3.43. The lowest BCUT2D eigenvalue weighted by Gasteiger charge is -2.18. The van der Waals surface area contributed by atoms with Crippen LogP contribution in [0.3, 0.4) is 0 Å². The fourth-order valence-electron chi connectivity index (χ4n) is 3.35. The van der Waals surface area contributed by atoms with E-state index in [2.05, 4.69) is 11.6 Å². The SMILES string of the molecule is C=CCn1c(=NC(=O)c2cc(OC)c(OC)c(OC)c2)sc2cc3c(cc21)OCCO3. The highest BCUT2D eigenvalue weighted by atomic mass is 32.1. The maximum Gasteiger partial charge on any atom is 0.279 e. The summed E-state index contributed by atoms with van der Waals surface area (Å²) in [7, 11) is 4.51. The van der Waals surface area contributed by atoms with Crippen molar-refractivity contribution < 1.29 is 28.5 Å². The Bertz CT molecular complexity index is 1200. The number of ether oxygens (including phenoxy) is 5. The molecule has 0 saturated carbocycles. The lowest BCUT2D eigenvalue weighted by molar-refractivity contribution is 0.0997. The Kier molecular flexibility index (Phi) is 5.85. The zero-order valence-electron chi connectivity index (χ0n) is 17.5. The molecule has 0 saturated heterocycles. The van der Waals surface area contributed by atoms with Crippen molar-refractivity contribution in [3.63, 3.8) is 0 Å². The normalized spacial score (nSPS) is 13.2. The van der Waals surface area contributed by atoms with Crippen LogP contribution in [-0.4, -0.2) is 45.0 Å². The fraction of sp³-hybridized carbons (Fsp3) is 0.273. The van der Waals surface area contributed by atoms with E-state index >= 15 is 0 Å². The number of allylic oxidation sites excluding steroid dienone is 1. The molecule has 1 aliphatic heterocycles. The van der Waals surface area contributed by atoms with E-state index in [0.29, 0.717) is 58.9 Å². The third kappa shape index (κ3) is 3.84. The molecule has 2 heterocycles. The zero-order valence-corrected chi connectivity index (χ0v) is 18.3. The number of carbonyl (C=O) groups is 1. The summed E-state index contributed by atoms with van der Waals surface area (Å²) in [5, 5.41) is 0. The van der Waals surface area contributed by atoms with Gasteiger partial charge in [-0.3, -0.25) is 4.79 Å². The number of amides is 1. The second kappa shape index (κ2) is 8.73. The molecule has 0 atom stereocenters. The molecule has 1 aromatic heterocycles. The lowest BCUT2D eigenvalue weighted by Crippen LogP contribution is -2.17. The number of fused-ring (bicyclic) bond motifs is 2. The van der Waals surface area contributed by atoms with Gasteiger partial charge in [0.1, 0.15) is 13.2 Å². The van der Waals surface area contributed by atoms with E-state index in [1.54, 1.807) is 18.2 Å². The van der Waals surface area contributed by atoms with Crippen LogP contribution in [0.4, 0.5) is 0 Å². The first-order valence-corrected chi connectivity index (χ1v) is 10.3. The van der Waals surface area contributed by atoms with Gasteiger partial charge in [0.15, 0.2) is 27.8 Å². The van der Waals surface area contributed by atoms with E-state index in [-0.39, 0.29) is 0 Å². The van der Waals surface area contributed by atoms with Gasteiger partial charge in [0.2, 0.25) is 5.75 Å². The Morgan fingerprint density at radius 1 is 1.10 bits per heavy atom. The molecule has 0 bridgehead atoms. The second-order valence-electron chi connectivity index (χ2n) is 6.58. The van der Waals surface area contributed by atoms with Gasteiger partial charge < -0.3 is 28.3 Å². The van der Waals surface area contributed by atoms with Crippen LogP contribution in [0.1, 0.15) is 10.4 Å². The summed E-state index contributed by atoms with van der Waals surface area (Å²) >= 11 is 1.39. The summed E-state index contributed by atoms with van der Waals surface area (Å²) in [6.07, 6.45) is 1.76. The van der Waals surface area contributed by atoms with Gasteiger partial charge in [0.25, 0.3) is 5.91 Å². The van der Waals surface area contributed by atoms with Gasteiger partial charge in [-0.1, -0.05) is 17.4 Å². The first-order valence-electron chi connectivity index (χ1n) is 9.52. The third-order valence-electron chi connectivity index (χ3n) is 4.77. The number of nitrogens with zero attached hydrogens (tertiary/aromatic N) is 2. The van der Waals surface area contributed by atoms with Gasteiger partial charge in [0.05, 0.1) is 31.5 Å². The van der Waals surface area contributed by atoms with Gasteiger partial charge in [0, 0.05) is 24.2 Å². The van der Waals surface area contributed by atoms with Gasteiger partial charge in [-0.2, -0.15) is 4.99 Å². The third-order valence-corrected chi connectivity index (χ3v) is 5.81. The molecule has 0 aliphatic carbocycles. The first-order chi connectivity index (χ1) is 15.1. The molecule has 162 valence electrons. The summed E-state index contributed by atoms with van der Waals surface area (Å²) < 4.78 is 30.2. The molecule has 0 unspecified atom stereocenters. The van der Waals surface area contributed by atoms with Crippen LogP contribution in [0.15, 0.2) is 41.9 Å². The lowest BCUT2D eigenvalue weighted by atomic mass is 10.1. The Morgan fingerprint density at radius 2 is 1.74 bits per heavy atom. The van der Waals surface area contributed by atoms with E-state index in [4.69, 9.17) is 23.7 Å². The molecule has 1 aliphatic rings. The summed E-state index contributed by atoms with van der Waals surface area (Å²) in [4.78, 5) is 18.0. The maximum absolute atomic E-state index is 13.0. The number of aromatic nitrogens is 1. The van der Waals surface area contributed by atoms with Crippen molar-refractivity contribution in [3.05, 3.63) is 47.3 Å². The number of hydrogen-bond acceptors (Lipinski definition) is 7. The van der Waals surface area contributed by atoms with E-state index in [0.717, 1.165) is 10.2 Å². The van der Waals surface area contributed by atoms with Gasteiger partial charge in [-0.25, -0.2) is 0 Å².